The fourth-order valence-electron chi connectivity index (χ4n) is 1.86. The molecule has 66 valence electrons. The van der Waals surface area contributed by atoms with Crippen LogP contribution in [0.25, 0.3) is 0 Å². The van der Waals surface area contributed by atoms with Gasteiger partial charge in [-0.2, -0.15) is 0 Å². The van der Waals surface area contributed by atoms with Crippen molar-refractivity contribution in [3.63, 3.8) is 0 Å². The standard InChI is InChI=1S/C9H18FN/c1-8(2)6-5-7(10)9(3,4)11-8/h7,11H,5-6H2,1-4H3. The smallest absolute Gasteiger partial charge is 0.118 e. The van der Waals surface area contributed by atoms with Gasteiger partial charge in [0, 0.05) is 11.1 Å². The third-order valence-corrected chi connectivity index (χ3v) is 2.47. The number of rotatable bonds is 0. The summed E-state index contributed by atoms with van der Waals surface area (Å²) in [6.45, 7) is 8.11. The Bertz CT molecular complexity index is 152. The molecule has 1 aliphatic rings. The maximum absolute atomic E-state index is 13.2. The van der Waals surface area contributed by atoms with Crippen LogP contribution < -0.4 is 5.32 Å². The van der Waals surface area contributed by atoms with Crippen LogP contribution in [-0.2, 0) is 0 Å². The molecule has 0 bridgehead atoms. The number of halogens is 1. The zero-order valence-corrected chi connectivity index (χ0v) is 7.87. The molecule has 1 aliphatic heterocycles. The number of hydrogen-bond donors (Lipinski definition) is 1. The predicted molar refractivity (Wildman–Crippen MR) is 45.4 cm³/mol. The SMILES string of the molecule is CC1(C)CCC(F)C(C)(C)N1. The monoisotopic (exact) mass is 159 g/mol. The molecule has 1 atom stereocenters. The summed E-state index contributed by atoms with van der Waals surface area (Å²) in [5, 5.41) is 3.31. The number of hydrogen-bond acceptors (Lipinski definition) is 1. The Morgan fingerprint density at radius 3 is 2.18 bits per heavy atom. The summed E-state index contributed by atoms with van der Waals surface area (Å²) in [5.41, 5.74) is -0.242. The van der Waals surface area contributed by atoms with Crippen molar-refractivity contribution in [1.29, 1.82) is 0 Å². The molecule has 1 nitrogen and oxygen atoms in total. The number of nitrogens with one attached hydrogen (secondary N) is 1. The summed E-state index contributed by atoms with van der Waals surface area (Å²) in [5.74, 6) is 0. The van der Waals surface area contributed by atoms with E-state index in [1.165, 1.54) is 0 Å². The molecule has 0 amide bonds. The van der Waals surface area contributed by atoms with E-state index in [-0.39, 0.29) is 11.1 Å². The van der Waals surface area contributed by atoms with Crippen molar-refractivity contribution >= 4 is 0 Å². The number of piperidine rings is 1. The zero-order chi connectivity index (χ0) is 8.70. The molecule has 1 saturated heterocycles. The van der Waals surface area contributed by atoms with Crippen LogP contribution in [-0.4, -0.2) is 17.2 Å². The predicted octanol–water partition coefficient (Wildman–Crippen LogP) is 2.27. The highest BCUT2D eigenvalue weighted by molar-refractivity contribution is 4.98. The van der Waals surface area contributed by atoms with Crippen molar-refractivity contribution in [2.24, 2.45) is 0 Å². The van der Waals surface area contributed by atoms with Crippen molar-refractivity contribution in [3.8, 4) is 0 Å². The van der Waals surface area contributed by atoms with E-state index in [4.69, 9.17) is 0 Å². The average Bonchev–Trinajstić information content (AvgIpc) is 1.77. The van der Waals surface area contributed by atoms with Crippen molar-refractivity contribution in [2.45, 2.75) is 57.8 Å². The Labute approximate surface area is 68.4 Å². The van der Waals surface area contributed by atoms with Gasteiger partial charge in [-0.3, -0.25) is 0 Å². The molecule has 1 rings (SSSR count). The van der Waals surface area contributed by atoms with Crippen LogP contribution in [0.3, 0.4) is 0 Å². The zero-order valence-electron chi connectivity index (χ0n) is 7.87. The Morgan fingerprint density at radius 1 is 1.27 bits per heavy atom. The third-order valence-electron chi connectivity index (χ3n) is 2.47. The molecular formula is C9H18FN. The van der Waals surface area contributed by atoms with Crippen molar-refractivity contribution in [2.75, 3.05) is 0 Å². The highest BCUT2D eigenvalue weighted by Crippen LogP contribution is 2.30. The Balaban J connectivity index is 2.67. The molecule has 1 unspecified atom stereocenters. The Kier molecular flexibility index (Phi) is 1.99. The minimum absolute atomic E-state index is 0.103. The lowest BCUT2D eigenvalue weighted by molar-refractivity contribution is 0.0777. The molecule has 0 aliphatic carbocycles. The van der Waals surface area contributed by atoms with Crippen molar-refractivity contribution < 1.29 is 4.39 Å². The molecule has 2 heteroatoms. The Hall–Kier alpha value is -0.110. The van der Waals surface area contributed by atoms with Crippen LogP contribution in [0.15, 0.2) is 0 Å². The van der Waals surface area contributed by atoms with Gasteiger partial charge in [-0.05, 0) is 40.5 Å². The lowest BCUT2D eigenvalue weighted by atomic mass is 9.81. The van der Waals surface area contributed by atoms with Gasteiger partial charge >= 0.3 is 0 Å². The highest BCUT2D eigenvalue weighted by atomic mass is 19.1. The van der Waals surface area contributed by atoms with Crippen molar-refractivity contribution in [3.05, 3.63) is 0 Å². The van der Waals surface area contributed by atoms with Gasteiger partial charge in [-0.15, -0.1) is 0 Å². The van der Waals surface area contributed by atoms with E-state index in [1.807, 2.05) is 13.8 Å². The van der Waals surface area contributed by atoms with Gasteiger partial charge < -0.3 is 5.32 Å². The van der Waals surface area contributed by atoms with Crippen LogP contribution >= 0.6 is 0 Å². The van der Waals surface area contributed by atoms with Gasteiger partial charge in [-0.1, -0.05) is 0 Å². The van der Waals surface area contributed by atoms with E-state index in [1.54, 1.807) is 0 Å². The summed E-state index contributed by atoms with van der Waals surface area (Å²) >= 11 is 0. The maximum Gasteiger partial charge on any atom is 0.118 e. The van der Waals surface area contributed by atoms with Gasteiger partial charge in [0.05, 0.1) is 0 Å². The fourth-order valence-corrected chi connectivity index (χ4v) is 1.86. The van der Waals surface area contributed by atoms with E-state index < -0.39 is 6.17 Å². The summed E-state index contributed by atoms with van der Waals surface area (Å²) in [7, 11) is 0. The first-order valence-corrected chi connectivity index (χ1v) is 4.27. The molecule has 1 fully saturated rings. The topological polar surface area (TPSA) is 12.0 Å². The first-order chi connectivity index (χ1) is 4.83. The quantitative estimate of drug-likeness (QED) is 0.571. The first-order valence-electron chi connectivity index (χ1n) is 4.27. The second-order valence-electron chi connectivity index (χ2n) is 4.74. The van der Waals surface area contributed by atoms with Gasteiger partial charge in [0.1, 0.15) is 6.17 Å². The normalized spacial score (nSPS) is 35.2. The van der Waals surface area contributed by atoms with E-state index >= 15 is 0 Å². The summed E-state index contributed by atoms with van der Waals surface area (Å²) in [4.78, 5) is 0. The third kappa shape index (κ3) is 1.92. The largest absolute Gasteiger partial charge is 0.304 e. The molecule has 0 spiro atoms. The van der Waals surface area contributed by atoms with Gasteiger partial charge in [0.25, 0.3) is 0 Å². The van der Waals surface area contributed by atoms with E-state index in [2.05, 4.69) is 19.2 Å². The summed E-state index contributed by atoms with van der Waals surface area (Å²) < 4.78 is 13.2. The second-order valence-corrected chi connectivity index (χ2v) is 4.74. The molecule has 0 aromatic rings. The lowest BCUT2D eigenvalue weighted by Crippen LogP contribution is -2.60. The molecule has 1 heterocycles. The van der Waals surface area contributed by atoms with Gasteiger partial charge in [-0.25, -0.2) is 4.39 Å². The Morgan fingerprint density at radius 2 is 1.82 bits per heavy atom. The molecule has 0 saturated carbocycles. The molecule has 0 aromatic heterocycles. The van der Waals surface area contributed by atoms with Gasteiger partial charge in [0.15, 0.2) is 0 Å². The minimum Gasteiger partial charge on any atom is -0.304 e. The highest BCUT2D eigenvalue weighted by Gasteiger charge is 2.39. The first kappa shape index (κ1) is 8.98. The summed E-state index contributed by atoms with van der Waals surface area (Å²) in [6.07, 6.45) is 0.917. The molecule has 11 heavy (non-hydrogen) atoms. The van der Waals surface area contributed by atoms with Crippen molar-refractivity contribution in [1.82, 2.24) is 5.32 Å². The van der Waals surface area contributed by atoms with Gasteiger partial charge in [0.2, 0.25) is 0 Å². The lowest BCUT2D eigenvalue weighted by Gasteiger charge is -2.44. The van der Waals surface area contributed by atoms with E-state index in [0.717, 1.165) is 6.42 Å². The molecule has 0 aromatic carbocycles. The van der Waals surface area contributed by atoms with E-state index in [0.29, 0.717) is 6.42 Å². The fraction of sp³-hybridized carbons (Fsp3) is 1.00. The maximum atomic E-state index is 13.2. The van der Waals surface area contributed by atoms with Crippen LogP contribution in [0.2, 0.25) is 0 Å². The minimum atomic E-state index is -0.699. The average molecular weight is 159 g/mol. The molecular weight excluding hydrogens is 141 g/mol. The number of alkyl halides is 1. The molecule has 1 N–H and O–H groups in total. The van der Waals surface area contributed by atoms with Crippen LogP contribution in [0.5, 0.6) is 0 Å². The van der Waals surface area contributed by atoms with Crippen LogP contribution in [0.1, 0.15) is 40.5 Å². The second kappa shape index (κ2) is 2.44. The van der Waals surface area contributed by atoms with E-state index in [9.17, 15) is 4.39 Å². The molecule has 0 radical (unpaired) electrons. The summed E-state index contributed by atoms with van der Waals surface area (Å²) in [6, 6.07) is 0. The van der Waals surface area contributed by atoms with Crippen LogP contribution in [0.4, 0.5) is 4.39 Å². The van der Waals surface area contributed by atoms with Crippen LogP contribution in [0, 0.1) is 0 Å².